The SMILES string of the molecule is COC[C@H](C)n1cc(C)c2nc(-c3ccc(C(C)C)nc3OS(=O)(=O)C(F)(F)F)c(Cl)cc21. The second-order valence-corrected chi connectivity index (χ2v) is 9.88. The molecule has 0 N–H and O–H groups in total. The molecular formula is C21H23ClF3N3O4S. The highest BCUT2D eigenvalue weighted by atomic mass is 35.5. The van der Waals surface area contributed by atoms with Crippen molar-refractivity contribution >= 4 is 32.8 Å². The predicted octanol–water partition coefficient (Wildman–Crippen LogP) is 5.62. The van der Waals surface area contributed by atoms with Crippen LogP contribution >= 0.6 is 11.6 Å². The zero-order chi connectivity index (χ0) is 24.7. The number of pyridine rings is 2. The van der Waals surface area contributed by atoms with Gasteiger partial charge in [-0.05, 0) is 43.5 Å². The molecule has 0 radical (unpaired) electrons. The van der Waals surface area contributed by atoms with Crippen LogP contribution in [0.3, 0.4) is 0 Å². The van der Waals surface area contributed by atoms with Gasteiger partial charge in [-0.3, -0.25) is 0 Å². The molecule has 0 saturated carbocycles. The molecule has 3 aromatic rings. The largest absolute Gasteiger partial charge is 0.534 e. The van der Waals surface area contributed by atoms with Crippen molar-refractivity contribution in [2.24, 2.45) is 0 Å². The van der Waals surface area contributed by atoms with Crippen LogP contribution < -0.4 is 4.18 Å². The standard InChI is InChI=1S/C21H23ClF3N3O4S/c1-11(2)16-7-6-14(20(26-16)32-33(29,30)21(23,24)25)19-15(22)8-17-18(27-19)12(3)9-28(17)13(4)10-31-5/h6-9,11,13H,10H2,1-5H3/t13-/m0/s1. The quantitative estimate of drug-likeness (QED) is 0.306. The van der Waals surface area contributed by atoms with Gasteiger partial charge in [-0.2, -0.15) is 21.6 Å². The zero-order valence-corrected chi connectivity index (χ0v) is 20.1. The molecule has 12 heteroatoms. The van der Waals surface area contributed by atoms with Crippen LogP contribution in [-0.4, -0.2) is 42.2 Å². The highest BCUT2D eigenvalue weighted by molar-refractivity contribution is 7.88. The number of methoxy groups -OCH3 is 1. The maximum Gasteiger partial charge on any atom is 0.534 e. The van der Waals surface area contributed by atoms with E-state index in [2.05, 4.69) is 14.2 Å². The van der Waals surface area contributed by atoms with Crippen molar-refractivity contribution in [3.63, 3.8) is 0 Å². The van der Waals surface area contributed by atoms with Gasteiger partial charge in [0.05, 0.1) is 40.0 Å². The lowest BCUT2D eigenvalue weighted by molar-refractivity contribution is -0.0501. The second-order valence-electron chi connectivity index (χ2n) is 7.94. The van der Waals surface area contributed by atoms with E-state index in [1.807, 2.05) is 24.6 Å². The van der Waals surface area contributed by atoms with Crippen LogP contribution in [0.5, 0.6) is 5.88 Å². The molecule has 0 fully saturated rings. The van der Waals surface area contributed by atoms with Crippen molar-refractivity contribution in [1.29, 1.82) is 0 Å². The fourth-order valence-electron chi connectivity index (χ4n) is 3.35. The first-order valence-electron chi connectivity index (χ1n) is 9.95. The van der Waals surface area contributed by atoms with E-state index < -0.39 is 21.5 Å². The number of aryl methyl sites for hydroxylation is 1. The minimum Gasteiger partial charge on any atom is -0.383 e. The first-order chi connectivity index (χ1) is 15.3. The molecule has 7 nitrogen and oxygen atoms in total. The van der Waals surface area contributed by atoms with Gasteiger partial charge < -0.3 is 13.5 Å². The molecule has 0 unspecified atom stereocenters. The molecule has 0 aliphatic heterocycles. The Bertz CT molecular complexity index is 1290. The van der Waals surface area contributed by atoms with E-state index in [1.54, 1.807) is 33.1 Å². The van der Waals surface area contributed by atoms with E-state index in [1.165, 1.54) is 6.07 Å². The Kier molecular flexibility index (Phi) is 6.97. The van der Waals surface area contributed by atoms with Crippen molar-refractivity contribution in [2.45, 2.75) is 45.2 Å². The first-order valence-corrected chi connectivity index (χ1v) is 11.7. The predicted molar refractivity (Wildman–Crippen MR) is 119 cm³/mol. The lowest BCUT2D eigenvalue weighted by Crippen LogP contribution is -2.28. The van der Waals surface area contributed by atoms with Crippen LogP contribution in [0.4, 0.5) is 13.2 Å². The normalized spacial score (nSPS) is 13.6. The van der Waals surface area contributed by atoms with Gasteiger partial charge in [0.15, 0.2) is 0 Å². The van der Waals surface area contributed by atoms with Crippen molar-refractivity contribution in [3.8, 4) is 17.1 Å². The van der Waals surface area contributed by atoms with Crippen LogP contribution in [0.15, 0.2) is 24.4 Å². The summed E-state index contributed by atoms with van der Waals surface area (Å²) < 4.78 is 74.0. The molecule has 0 aliphatic rings. The van der Waals surface area contributed by atoms with Gasteiger partial charge in [0.25, 0.3) is 0 Å². The maximum absolute atomic E-state index is 13.0. The van der Waals surface area contributed by atoms with E-state index in [4.69, 9.17) is 16.3 Å². The molecule has 3 heterocycles. The molecule has 33 heavy (non-hydrogen) atoms. The molecule has 0 amide bonds. The molecular weight excluding hydrogens is 483 g/mol. The highest BCUT2D eigenvalue weighted by Crippen LogP contribution is 2.38. The third-order valence-corrected chi connectivity index (χ3v) is 6.26. The Balaban J connectivity index is 2.22. The van der Waals surface area contributed by atoms with E-state index >= 15 is 0 Å². The second kappa shape index (κ2) is 9.11. The van der Waals surface area contributed by atoms with E-state index in [-0.39, 0.29) is 28.2 Å². The fraction of sp³-hybridized carbons (Fsp3) is 0.429. The summed E-state index contributed by atoms with van der Waals surface area (Å²) in [5.41, 5.74) is -3.25. The van der Waals surface area contributed by atoms with Crippen molar-refractivity contribution in [2.75, 3.05) is 13.7 Å². The topological polar surface area (TPSA) is 83.3 Å². The third kappa shape index (κ3) is 4.95. The number of halogens is 4. The van der Waals surface area contributed by atoms with Gasteiger partial charge in [0.2, 0.25) is 5.88 Å². The van der Waals surface area contributed by atoms with Gasteiger partial charge in [0, 0.05) is 19.0 Å². The van der Waals surface area contributed by atoms with Crippen molar-refractivity contribution < 1.29 is 30.5 Å². The first kappa shape index (κ1) is 25.3. The molecule has 3 aromatic heterocycles. The Morgan fingerprint density at radius 1 is 1.18 bits per heavy atom. The van der Waals surface area contributed by atoms with Gasteiger partial charge in [-0.25, -0.2) is 9.97 Å². The van der Waals surface area contributed by atoms with E-state index in [0.717, 1.165) is 5.56 Å². The lowest BCUT2D eigenvalue weighted by Gasteiger charge is -2.16. The van der Waals surface area contributed by atoms with Gasteiger partial charge >= 0.3 is 15.6 Å². The molecule has 180 valence electrons. The number of hydrogen-bond acceptors (Lipinski definition) is 6. The summed E-state index contributed by atoms with van der Waals surface area (Å²) in [4.78, 5) is 8.57. The molecule has 1 atom stereocenters. The van der Waals surface area contributed by atoms with Crippen LogP contribution in [0, 0.1) is 6.92 Å². The Morgan fingerprint density at radius 3 is 2.42 bits per heavy atom. The monoisotopic (exact) mass is 505 g/mol. The molecule has 0 aliphatic carbocycles. The maximum atomic E-state index is 13.0. The summed E-state index contributed by atoms with van der Waals surface area (Å²) in [5.74, 6) is -0.934. The zero-order valence-electron chi connectivity index (χ0n) is 18.6. The Morgan fingerprint density at radius 2 is 1.85 bits per heavy atom. The van der Waals surface area contributed by atoms with Crippen molar-refractivity contribution in [3.05, 3.63) is 40.7 Å². The molecule has 0 aromatic carbocycles. The minimum absolute atomic E-state index is 0.0299. The van der Waals surface area contributed by atoms with Gasteiger partial charge in [-0.15, -0.1) is 0 Å². The van der Waals surface area contributed by atoms with Crippen LogP contribution in [-0.2, 0) is 14.9 Å². The smallest absolute Gasteiger partial charge is 0.383 e. The van der Waals surface area contributed by atoms with Gasteiger partial charge in [-0.1, -0.05) is 25.4 Å². The number of nitrogens with zero attached hydrogens (tertiary/aromatic N) is 3. The number of ether oxygens (including phenoxy) is 1. The molecule has 3 rings (SSSR count). The van der Waals surface area contributed by atoms with Crippen molar-refractivity contribution in [1.82, 2.24) is 14.5 Å². The molecule has 0 spiro atoms. The fourth-order valence-corrected chi connectivity index (χ4v) is 4.03. The third-order valence-electron chi connectivity index (χ3n) is 5.02. The number of aromatic nitrogens is 3. The molecule has 0 saturated heterocycles. The highest BCUT2D eigenvalue weighted by Gasteiger charge is 2.49. The average molecular weight is 506 g/mol. The van der Waals surface area contributed by atoms with Crippen LogP contribution in [0.1, 0.15) is 44.0 Å². The number of fused-ring (bicyclic) bond motifs is 1. The number of hydrogen-bond donors (Lipinski definition) is 0. The van der Waals surface area contributed by atoms with E-state index in [9.17, 15) is 21.6 Å². The summed E-state index contributed by atoms with van der Waals surface area (Å²) >= 11 is 6.47. The molecule has 0 bridgehead atoms. The number of rotatable bonds is 7. The van der Waals surface area contributed by atoms with E-state index in [0.29, 0.717) is 23.3 Å². The lowest BCUT2D eigenvalue weighted by atomic mass is 10.1. The number of alkyl halides is 3. The summed E-state index contributed by atoms with van der Waals surface area (Å²) in [6, 6.07) is 4.56. The van der Waals surface area contributed by atoms with Crippen LogP contribution in [0.25, 0.3) is 22.3 Å². The van der Waals surface area contributed by atoms with Crippen LogP contribution in [0.2, 0.25) is 5.02 Å². The summed E-state index contributed by atoms with van der Waals surface area (Å²) in [6.07, 6.45) is 1.87. The minimum atomic E-state index is -5.95. The van der Waals surface area contributed by atoms with Gasteiger partial charge in [0.1, 0.15) is 0 Å². The Hall–Kier alpha value is -2.37. The average Bonchev–Trinajstić information content (AvgIpc) is 3.02. The Labute approximate surface area is 194 Å². The summed E-state index contributed by atoms with van der Waals surface area (Å²) in [7, 11) is -4.37. The summed E-state index contributed by atoms with van der Waals surface area (Å²) in [6.45, 7) is 7.74. The summed E-state index contributed by atoms with van der Waals surface area (Å²) in [5, 5.41) is 0.0971.